The maximum atomic E-state index is 10.5. The molecule has 3 rings (SSSR count). The van der Waals surface area contributed by atoms with Gasteiger partial charge in [0.15, 0.2) is 5.65 Å². The molecule has 0 spiro atoms. The third-order valence-corrected chi connectivity index (χ3v) is 4.32. The number of aromatic nitrogens is 2. The summed E-state index contributed by atoms with van der Waals surface area (Å²) in [6, 6.07) is 8.13. The van der Waals surface area contributed by atoms with E-state index in [2.05, 4.69) is 27.0 Å². The number of rotatable bonds is 6. The van der Waals surface area contributed by atoms with Crippen LogP contribution in [0.25, 0.3) is 11.0 Å². The van der Waals surface area contributed by atoms with Gasteiger partial charge in [0.1, 0.15) is 0 Å². The Kier molecular flexibility index (Phi) is 4.98. The molecule has 0 aromatic carbocycles. The molecule has 5 heteroatoms. The summed E-state index contributed by atoms with van der Waals surface area (Å²) in [6.45, 7) is 2.80. The number of carboxylic acid groups (broad SMARTS) is 1. The molecule has 1 N–H and O–H groups in total. The van der Waals surface area contributed by atoms with Crippen molar-refractivity contribution >= 4 is 17.0 Å². The topological polar surface area (TPSA) is 66.3 Å². The van der Waals surface area contributed by atoms with Crippen LogP contribution in [-0.2, 0) is 11.2 Å². The number of hydrogen-bond acceptors (Lipinski definition) is 4. The monoisotopic (exact) mass is 311 g/mol. The minimum atomic E-state index is -0.878. The van der Waals surface area contributed by atoms with Gasteiger partial charge in [-0.2, -0.15) is 0 Å². The first-order valence-corrected chi connectivity index (χ1v) is 8.03. The van der Waals surface area contributed by atoms with Gasteiger partial charge in [0.2, 0.25) is 0 Å². The van der Waals surface area contributed by atoms with Gasteiger partial charge in [-0.15, -0.1) is 0 Å². The molecule has 1 saturated heterocycles. The molecule has 2 aromatic rings. The number of aryl methyl sites for hydroxylation is 1. The fraction of sp³-hybridized carbons (Fsp3) is 0.389. The van der Waals surface area contributed by atoms with Crippen LogP contribution in [0.1, 0.15) is 18.5 Å². The van der Waals surface area contributed by atoms with Gasteiger partial charge in [0.05, 0.1) is 0 Å². The lowest BCUT2D eigenvalue weighted by atomic mass is 10.0. The molecule has 1 fully saturated rings. The van der Waals surface area contributed by atoms with Crippen LogP contribution in [0, 0.1) is 5.92 Å². The van der Waals surface area contributed by atoms with E-state index in [9.17, 15) is 4.79 Å². The number of hydrogen-bond donors (Lipinski definition) is 1. The molecule has 120 valence electrons. The lowest BCUT2D eigenvalue weighted by Crippen LogP contribution is -2.21. The molecule has 1 aliphatic rings. The maximum absolute atomic E-state index is 10.5. The largest absolute Gasteiger partial charge is 0.478 e. The van der Waals surface area contributed by atoms with Crippen molar-refractivity contribution in [2.75, 3.05) is 19.6 Å². The summed E-state index contributed by atoms with van der Waals surface area (Å²) < 4.78 is 0. The average Bonchev–Trinajstić information content (AvgIpc) is 3.00. The molecule has 1 unspecified atom stereocenters. The molecule has 3 heterocycles. The van der Waals surface area contributed by atoms with E-state index in [4.69, 9.17) is 5.11 Å². The van der Waals surface area contributed by atoms with Crippen LogP contribution in [0.5, 0.6) is 0 Å². The molecule has 1 atom stereocenters. The molecule has 0 radical (unpaired) electrons. The second-order valence-electron chi connectivity index (χ2n) is 6.05. The molecular formula is C18H21N3O2. The van der Waals surface area contributed by atoms with Gasteiger partial charge in [-0.1, -0.05) is 6.08 Å². The lowest BCUT2D eigenvalue weighted by molar-refractivity contribution is -0.131. The first-order valence-electron chi connectivity index (χ1n) is 8.03. The van der Waals surface area contributed by atoms with Gasteiger partial charge < -0.3 is 5.11 Å². The Morgan fingerprint density at radius 1 is 1.39 bits per heavy atom. The predicted octanol–water partition coefficient (Wildman–Crippen LogP) is 2.53. The Labute approximate surface area is 135 Å². The second kappa shape index (κ2) is 7.33. The fourth-order valence-electron chi connectivity index (χ4n) is 3.10. The van der Waals surface area contributed by atoms with Crippen molar-refractivity contribution in [3.8, 4) is 0 Å². The van der Waals surface area contributed by atoms with E-state index in [1.165, 1.54) is 12.5 Å². The Morgan fingerprint density at radius 3 is 3.17 bits per heavy atom. The van der Waals surface area contributed by atoms with E-state index in [1.807, 2.05) is 12.1 Å². The Hall–Kier alpha value is -2.27. The molecule has 23 heavy (non-hydrogen) atoms. The normalized spacial score (nSPS) is 18.9. The smallest absolute Gasteiger partial charge is 0.328 e. The molecule has 2 aromatic heterocycles. The number of carboxylic acids is 1. The third kappa shape index (κ3) is 4.36. The zero-order chi connectivity index (χ0) is 16.1. The number of fused-ring (bicyclic) bond motifs is 1. The van der Waals surface area contributed by atoms with E-state index in [0.717, 1.165) is 49.2 Å². The summed E-state index contributed by atoms with van der Waals surface area (Å²) in [5, 5.41) is 9.68. The zero-order valence-electron chi connectivity index (χ0n) is 13.1. The van der Waals surface area contributed by atoms with Gasteiger partial charge >= 0.3 is 5.97 Å². The molecule has 0 saturated carbocycles. The van der Waals surface area contributed by atoms with Crippen LogP contribution in [0.15, 0.2) is 42.6 Å². The number of carbonyl (C=O) groups is 1. The number of aliphatic carboxylic acids is 1. The van der Waals surface area contributed by atoms with Gasteiger partial charge in [0.25, 0.3) is 0 Å². The first kappa shape index (κ1) is 15.6. The quantitative estimate of drug-likeness (QED) is 0.830. The van der Waals surface area contributed by atoms with E-state index in [1.54, 1.807) is 12.3 Å². The van der Waals surface area contributed by atoms with Crippen molar-refractivity contribution in [1.29, 1.82) is 0 Å². The SMILES string of the molecule is O=C(O)/C=C/CN1CCC(CCc2ccc3cccnc3n2)C1. The van der Waals surface area contributed by atoms with E-state index >= 15 is 0 Å². The summed E-state index contributed by atoms with van der Waals surface area (Å²) in [5.74, 6) is -0.216. The zero-order valence-corrected chi connectivity index (χ0v) is 13.1. The van der Waals surface area contributed by atoms with Crippen LogP contribution in [0.3, 0.4) is 0 Å². The Balaban J connectivity index is 1.49. The van der Waals surface area contributed by atoms with Gasteiger partial charge in [0, 0.05) is 36.4 Å². The van der Waals surface area contributed by atoms with Gasteiger partial charge in [-0.3, -0.25) is 4.90 Å². The van der Waals surface area contributed by atoms with E-state index < -0.39 is 5.97 Å². The summed E-state index contributed by atoms with van der Waals surface area (Å²) >= 11 is 0. The summed E-state index contributed by atoms with van der Waals surface area (Å²) in [5.41, 5.74) is 1.91. The van der Waals surface area contributed by atoms with Gasteiger partial charge in [-0.05, 0) is 56.0 Å². The predicted molar refractivity (Wildman–Crippen MR) is 89.2 cm³/mol. The average molecular weight is 311 g/mol. The van der Waals surface area contributed by atoms with Crippen molar-refractivity contribution < 1.29 is 9.90 Å². The minimum Gasteiger partial charge on any atom is -0.478 e. The van der Waals surface area contributed by atoms with Crippen LogP contribution in [0.4, 0.5) is 0 Å². The Bertz CT molecular complexity index is 714. The molecule has 0 bridgehead atoms. The summed E-state index contributed by atoms with van der Waals surface area (Å²) in [4.78, 5) is 21.7. The fourth-order valence-corrected chi connectivity index (χ4v) is 3.10. The van der Waals surface area contributed by atoms with Crippen LogP contribution in [0.2, 0.25) is 0 Å². The molecule has 0 amide bonds. The molecule has 5 nitrogen and oxygen atoms in total. The van der Waals surface area contributed by atoms with Crippen LogP contribution >= 0.6 is 0 Å². The second-order valence-corrected chi connectivity index (χ2v) is 6.05. The lowest BCUT2D eigenvalue weighted by Gasteiger charge is -2.13. The number of nitrogens with zero attached hydrogens (tertiary/aromatic N) is 3. The highest BCUT2D eigenvalue weighted by molar-refractivity contribution is 5.79. The highest BCUT2D eigenvalue weighted by Crippen LogP contribution is 2.21. The minimum absolute atomic E-state index is 0.662. The van der Waals surface area contributed by atoms with E-state index in [0.29, 0.717) is 5.92 Å². The first-order chi connectivity index (χ1) is 11.2. The highest BCUT2D eigenvalue weighted by Gasteiger charge is 2.21. The number of pyridine rings is 2. The maximum Gasteiger partial charge on any atom is 0.328 e. The van der Waals surface area contributed by atoms with Crippen molar-refractivity contribution in [1.82, 2.24) is 14.9 Å². The van der Waals surface area contributed by atoms with Crippen molar-refractivity contribution in [3.05, 3.63) is 48.3 Å². The van der Waals surface area contributed by atoms with E-state index in [-0.39, 0.29) is 0 Å². The number of likely N-dealkylation sites (tertiary alicyclic amines) is 1. The molecular weight excluding hydrogens is 290 g/mol. The summed E-state index contributed by atoms with van der Waals surface area (Å²) in [7, 11) is 0. The highest BCUT2D eigenvalue weighted by atomic mass is 16.4. The van der Waals surface area contributed by atoms with Crippen LogP contribution in [-0.4, -0.2) is 45.6 Å². The Morgan fingerprint density at radius 2 is 2.30 bits per heavy atom. The van der Waals surface area contributed by atoms with Crippen molar-refractivity contribution in [2.45, 2.75) is 19.3 Å². The summed E-state index contributed by atoms with van der Waals surface area (Å²) in [6.07, 6.45) is 7.98. The van der Waals surface area contributed by atoms with Crippen LogP contribution < -0.4 is 0 Å². The molecule has 0 aliphatic carbocycles. The van der Waals surface area contributed by atoms with Gasteiger partial charge in [-0.25, -0.2) is 14.8 Å². The molecule has 1 aliphatic heterocycles. The van der Waals surface area contributed by atoms with Crippen molar-refractivity contribution in [2.24, 2.45) is 5.92 Å². The third-order valence-electron chi connectivity index (χ3n) is 4.32. The van der Waals surface area contributed by atoms with Crippen molar-refractivity contribution in [3.63, 3.8) is 0 Å². The standard InChI is InChI=1S/C18H21N3O2/c22-17(23)4-2-11-21-12-9-14(13-21)5-7-16-8-6-15-3-1-10-19-18(15)20-16/h1-4,6,8,10,14H,5,7,9,11-13H2,(H,22,23)/b4-2+.